The van der Waals surface area contributed by atoms with Crippen molar-refractivity contribution in [1.29, 1.82) is 0 Å². The largest absolute Gasteiger partial charge is 0.444 e. The van der Waals surface area contributed by atoms with E-state index < -0.39 is 23.8 Å². The maximum absolute atomic E-state index is 12.9. The van der Waals surface area contributed by atoms with Crippen LogP contribution in [0.15, 0.2) is 0 Å². The lowest BCUT2D eigenvalue weighted by Crippen LogP contribution is -2.51. The molecule has 24 heavy (non-hydrogen) atoms. The van der Waals surface area contributed by atoms with Crippen molar-refractivity contribution in [3.8, 4) is 0 Å². The Morgan fingerprint density at radius 3 is 2.25 bits per heavy atom. The molecule has 2 amide bonds. The number of rotatable bonds is 2. The fraction of sp³-hybridized carbons (Fsp3) is 0.889. The number of nitrogens with zero attached hydrogens (tertiary/aromatic N) is 2. The molecule has 0 aromatic carbocycles. The number of carbonyl (C=O) groups excluding carboxylic acids is 2. The lowest BCUT2D eigenvalue weighted by Gasteiger charge is -2.36. The number of carbonyl (C=O) groups is 2. The second-order valence-electron chi connectivity index (χ2n) is 8.44. The number of aliphatic hydroxyl groups excluding tert-OH is 1. The molecule has 6 nitrogen and oxygen atoms in total. The number of β-amino-alcohol motifs (C(OH)–C–C–N with tert-alkyl or cyclic N) is 1. The van der Waals surface area contributed by atoms with E-state index in [1.165, 1.54) is 4.90 Å². The normalized spacial score (nSPS) is 26.1. The molecule has 0 spiro atoms. The third-order valence-electron chi connectivity index (χ3n) is 4.99. The average molecular weight is 340 g/mol. The van der Waals surface area contributed by atoms with Gasteiger partial charge in [0.05, 0.1) is 12.6 Å². The summed E-state index contributed by atoms with van der Waals surface area (Å²) in [5.74, 6) is 1.23. The summed E-state index contributed by atoms with van der Waals surface area (Å²) in [7, 11) is 0. The molecule has 2 aliphatic rings. The monoisotopic (exact) mass is 340 g/mol. The maximum Gasteiger partial charge on any atom is 0.411 e. The van der Waals surface area contributed by atoms with E-state index in [0.717, 1.165) is 25.9 Å². The maximum atomic E-state index is 12.9. The summed E-state index contributed by atoms with van der Waals surface area (Å²) in [4.78, 5) is 28.5. The van der Waals surface area contributed by atoms with Crippen LogP contribution in [0, 0.1) is 11.8 Å². The Balaban J connectivity index is 2.00. The zero-order chi connectivity index (χ0) is 18.1. The zero-order valence-corrected chi connectivity index (χ0v) is 15.6. The van der Waals surface area contributed by atoms with Gasteiger partial charge in [-0.15, -0.1) is 0 Å². The lowest BCUT2D eigenvalue weighted by molar-refractivity contribution is -0.137. The zero-order valence-electron chi connectivity index (χ0n) is 15.6. The first-order valence-corrected chi connectivity index (χ1v) is 9.05. The summed E-state index contributed by atoms with van der Waals surface area (Å²) in [6.45, 7) is 11.5. The third-order valence-corrected chi connectivity index (χ3v) is 4.99. The minimum absolute atomic E-state index is 0.0559. The number of likely N-dealkylation sites (tertiary alicyclic amines) is 2. The highest BCUT2D eigenvalue weighted by atomic mass is 16.6. The van der Waals surface area contributed by atoms with Crippen molar-refractivity contribution in [2.45, 2.75) is 71.6 Å². The van der Waals surface area contributed by atoms with Crippen LogP contribution in [0.5, 0.6) is 0 Å². The fourth-order valence-corrected chi connectivity index (χ4v) is 3.57. The van der Waals surface area contributed by atoms with Gasteiger partial charge in [0.1, 0.15) is 11.6 Å². The summed E-state index contributed by atoms with van der Waals surface area (Å²) < 4.78 is 5.39. The van der Waals surface area contributed by atoms with E-state index in [4.69, 9.17) is 4.74 Å². The number of piperidine rings is 1. The molecule has 2 aliphatic heterocycles. The van der Waals surface area contributed by atoms with E-state index in [2.05, 4.69) is 13.8 Å². The summed E-state index contributed by atoms with van der Waals surface area (Å²) in [6, 6.07) is -0.606. The van der Waals surface area contributed by atoms with E-state index in [9.17, 15) is 14.7 Å². The van der Waals surface area contributed by atoms with Gasteiger partial charge in [-0.2, -0.15) is 0 Å². The molecule has 0 radical (unpaired) electrons. The van der Waals surface area contributed by atoms with Crippen LogP contribution in [0.1, 0.15) is 53.9 Å². The topological polar surface area (TPSA) is 70.1 Å². The van der Waals surface area contributed by atoms with E-state index >= 15 is 0 Å². The van der Waals surface area contributed by atoms with Crippen LogP contribution in [0.25, 0.3) is 0 Å². The second kappa shape index (κ2) is 7.30. The molecule has 138 valence electrons. The fourth-order valence-electron chi connectivity index (χ4n) is 3.57. The standard InChI is InChI=1S/C18H32N2O4/c1-12(2)13-6-8-19(9-7-13)16(22)15-10-14(21)11-20(15)17(23)24-18(3,4)5/h12-15,21H,6-11H2,1-5H3/t14-,15+/m0/s1. The molecule has 2 heterocycles. The molecule has 0 unspecified atom stereocenters. The number of hydrogen-bond donors (Lipinski definition) is 1. The van der Waals surface area contributed by atoms with Gasteiger partial charge in [-0.1, -0.05) is 13.8 Å². The van der Waals surface area contributed by atoms with Gasteiger partial charge >= 0.3 is 6.09 Å². The van der Waals surface area contributed by atoms with Gasteiger partial charge in [-0.05, 0) is 45.4 Å². The predicted molar refractivity (Wildman–Crippen MR) is 91.5 cm³/mol. The lowest BCUT2D eigenvalue weighted by atomic mass is 9.86. The first-order valence-electron chi connectivity index (χ1n) is 9.05. The predicted octanol–water partition coefficient (Wildman–Crippen LogP) is 2.25. The highest BCUT2D eigenvalue weighted by Gasteiger charge is 2.43. The first kappa shape index (κ1) is 19.0. The van der Waals surface area contributed by atoms with Gasteiger partial charge in [0, 0.05) is 19.5 Å². The number of aliphatic hydroxyl groups is 1. The molecule has 2 rings (SSSR count). The van der Waals surface area contributed by atoms with Crippen LogP contribution >= 0.6 is 0 Å². The van der Waals surface area contributed by atoms with Gasteiger partial charge in [0.2, 0.25) is 5.91 Å². The van der Waals surface area contributed by atoms with Crippen molar-refractivity contribution in [1.82, 2.24) is 9.80 Å². The van der Waals surface area contributed by atoms with Gasteiger partial charge in [0.15, 0.2) is 0 Å². The van der Waals surface area contributed by atoms with Crippen molar-refractivity contribution in [2.24, 2.45) is 11.8 Å². The molecule has 6 heteroatoms. The van der Waals surface area contributed by atoms with Crippen LogP contribution in [0.4, 0.5) is 4.79 Å². The van der Waals surface area contributed by atoms with Gasteiger partial charge in [-0.3, -0.25) is 9.69 Å². The molecule has 2 atom stereocenters. The minimum Gasteiger partial charge on any atom is -0.444 e. The van der Waals surface area contributed by atoms with Gasteiger partial charge in [0.25, 0.3) is 0 Å². The molecule has 1 N–H and O–H groups in total. The number of hydrogen-bond acceptors (Lipinski definition) is 4. The molecule has 0 aromatic heterocycles. The van der Waals surface area contributed by atoms with Crippen LogP contribution < -0.4 is 0 Å². The molecule has 2 saturated heterocycles. The Kier molecular flexibility index (Phi) is 5.78. The molecule has 0 aliphatic carbocycles. The minimum atomic E-state index is -0.667. The summed E-state index contributed by atoms with van der Waals surface area (Å²) in [5, 5.41) is 9.96. The first-order chi connectivity index (χ1) is 11.1. The van der Waals surface area contributed by atoms with E-state index in [-0.39, 0.29) is 12.5 Å². The SMILES string of the molecule is CC(C)C1CCN(C(=O)[C@H]2C[C@H](O)CN2C(=O)OC(C)(C)C)CC1. The van der Waals surface area contributed by atoms with Gasteiger partial charge in [-0.25, -0.2) is 4.79 Å². The smallest absolute Gasteiger partial charge is 0.411 e. The molecule has 2 fully saturated rings. The van der Waals surface area contributed by atoms with Crippen molar-refractivity contribution in [3.63, 3.8) is 0 Å². The molecule has 0 bridgehead atoms. The van der Waals surface area contributed by atoms with Crippen molar-refractivity contribution < 1.29 is 19.4 Å². The quantitative estimate of drug-likeness (QED) is 0.837. The van der Waals surface area contributed by atoms with Crippen molar-refractivity contribution in [2.75, 3.05) is 19.6 Å². The van der Waals surface area contributed by atoms with Gasteiger partial charge < -0.3 is 14.7 Å². The van der Waals surface area contributed by atoms with Crippen LogP contribution in [-0.4, -0.2) is 64.3 Å². The Morgan fingerprint density at radius 2 is 1.75 bits per heavy atom. The van der Waals surface area contributed by atoms with Crippen molar-refractivity contribution >= 4 is 12.0 Å². The summed E-state index contributed by atoms with van der Waals surface area (Å²) in [6.07, 6.45) is 1.12. The molecule has 0 saturated carbocycles. The third kappa shape index (κ3) is 4.62. The Labute approximate surface area is 145 Å². The summed E-state index contributed by atoms with van der Waals surface area (Å²) >= 11 is 0. The summed E-state index contributed by atoms with van der Waals surface area (Å²) in [5.41, 5.74) is -0.617. The average Bonchev–Trinajstić information content (AvgIpc) is 2.87. The van der Waals surface area contributed by atoms with E-state index in [0.29, 0.717) is 18.3 Å². The van der Waals surface area contributed by atoms with E-state index in [1.807, 2.05) is 4.90 Å². The van der Waals surface area contributed by atoms with Crippen LogP contribution in [0.3, 0.4) is 0 Å². The Bertz CT molecular complexity index is 464. The second-order valence-corrected chi connectivity index (χ2v) is 8.44. The van der Waals surface area contributed by atoms with Crippen LogP contribution in [-0.2, 0) is 9.53 Å². The van der Waals surface area contributed by atoms with Crippen LogP contribution in [0.2, 0.25) is 0 Å². The van der Waals surface area contributed by atoms with Crippen molar-refractivity contribution in [3.05, 3.63) is 0 Å². The Morgan fingerprint density at radius 1 is 1.17 bits per heavy atom. The molecular weight excluding hydrogens is 308 g/mol. The highest BCUT2D eigenvalue weighted by Crippen LogP contribution is 2.28. The van der Waals surface area contributed by atoms with E-state index in [1.54, 1.807) is 20.8 Å². The molecule has 0 aromatic rings. The number of ether oxygens (including phenoxy) is 1. The Hall–Kier alpha value is -1.30. The number of amides is 2. The molecular formula is C18H32N2O4. The highest BCUT2D eigenvalue weighted by molar-refractivity contribution is 5.86.